The van der Waals surface area contributed by atoms with Crippen LogP contribution in [0.25, 0.3) is 0 Å². The minimum absolute atomic E-state index is 0.993. The van der Waals surface area contributed by atoms with E-state index in [9.17, 15) is 0 Å². The highest BCUT2D eigenvalue weighted by Gasteiger charge is 2.11. The van der Waals surface area contributed by atoms with E-state index in [1.54, 1.807) is 11.8 Å². The van der Waals surface area contributed by atoms with Gasteiger partial charge in [0.25, 0.3) is 0 Å². The Hall–Kier alpha value is 0.200. The Morgan fingerprint density at radius 1 is 1.64 bits per heavy atom. The highest BCUT2D eigenvalue weighted by molar-refractivity contribution is 8.22. The van der Waals surface area contributed by atoms with Gasteiger partial charge in [0.05, 0.1) is 0 Å². The van der Waals surface area contributed by atoms with E-state index in [-0.39, 0.29) is 0 Å². The molecule has 1 saturated heterocycles. The van der Waals surface area contributed by atoms with Crippen LogP contribution in [0.3, 0.4) is 0 Å². The van der Waals surface area contributed by atoms with Crippen molar-refractivity contribution >= 4 is 28.3 Å². The van der Waals surface area contributed by atoms with Gasteiger partial charge in [-0.1, -0.05) is 30.9 Å². The van der Waals surface area contributed by atoms with Crippen LogP contribution in [0.2, 0.25) is 0 Å². The Labute approximate surface area is 77.7 Å². The molecule has 1 aliphatic heterocycles. The summed E-state index contributed by atoms with van der Waals surface area (Å²) in [6.45, 7) is 4.27. The Morgan fingerprint density at radius 2 is 2.45 bits per heavy atom. The maximum Gasteiger partial charge on any atom is 0.150 e. The summed E-state index contributed by atoms with van der Waals surface area (Å²) in [5.41, 5.74) is 3.27. The van der Waals surface area contributed by atoms with Crippen LogP contribution in [0.4, 0.5) is 0 Å². The summed E-state index contributed by atoms with van der Waals surface area (Å²) in [4.78, 5) is 0. The van der Waals surface area contributed by atoms with Crippen LogP contribution in [0.5, 0.6) is 0 Å². The number of thiocarbonyl (C=S) groups is 1. The molecule has 0 radical (unpaired) electrons. The molecule has 11 heavy (non-hydrogen) atoms. The minimum atomic E-state index is 0.993. The Bertz CT molecular complexity index is 132. The van der Waals surface area contributed by atoms with Crippen LogP contribution in [0.15, 0.2) is 0 Å². The molecular weight excluding hydrogens is 176 g/mol. The standard InChI is InChI=1S/C7H14N2S2/c1-2-11-7(10)9-6-4-3-5-8-9/h8H,2-6H2,1H3. The highest BCUT2D eigenvalue weighted by atomic mass is 32.2. The number of rotatable bonds is 1. The first-order chi connectivity index (χ1) is 5.34. The molecule has 0 aromatic carbocycles. The van der Waals surface area contributed by atoms with Gasteiger partial charge in [0.15, 0.2) is 4.32 Å². The summed E-state index contributed by atoms with van der Waals surface area (Å²) in [6, 6.07) is 0. The quantitative estimate of drug-likeness (QED) is 0.632. The third-order valence-corrected chi connectivity index (χ3v) is 2.93. The smallest absolute Gasteiger partial charge is 0.150 e. The Balaban J connectivity index is 2.27. The largest absolute Gasteiger partial charge is 0.293 e. The van der Waals surface area contributed by atoms with Gasteiger partial charge >= 0.3 is 0 Å². The first-order valence-corrected chi connectivity index (χ1v) is 5.41. The third kappa shape index (κ3) is 2.97. The molecule has 1 rings (SSSR count). The van der Waals surface area contributed by atoms with Crippen molar-refractivity contribution < 1.29 is 0 Å². The lowest BCUT2D eigenvalue weighted by Gasteiger charge is -2.29. The highest BCUT2D eigenvalue weighted by Crippen LogP contribution is 2.10. The van der Waals surface area contributed by atoms with Crippen LogP contribution < -0.4 is 5.43 Å². The van der Waals surface area contributed by atoms with E-state index in [1.165, 1.54) is 12.8 Å². The van der Waals surface area contributed by atoms with E-state index in [2.05, 4.69) is 17.4 Å². The molecule has 0 bridgehead atoms. The van der Waals surface area contributed by atoms with Crippen LogP contribution in [0.1, 0.15) is 19.8 Å². The summed E-state index contributed by atoms with van der Waals surface area (Å²) in [5, 5.41) is 2.09. The van der Waals surface area contributed by atoms with E-state index in [4.69, 9.17) is 12.2 Å². The fourth-order valence-electron chi connectivity index (χ4n) is 1.05. The first-order valence-electron chi connectivity index (χ1n) is 4.02. The molecule has 2 nitrogen and oxygen atoms in total. The first kappa shape index (κ1) is 9.29. The molecule has 0 aliphatic carbocycles. The molecule has 4 heteroatoms. The van der Waals surface area contributed by atoms with Gasteiger partial charge in [-0.15, -0.1) is 0 Å². The van der Waals surface area contributed by atoms with Crippen molar-refractivity contribution in [3.8, 4) is 0 Å². The SMILES string of the molecule is CCSC(=S)N1CCCCN1. The molecule has 1 aliphatic rings. The summed E-state index contributed by atoms with van der Waals surface area (Å²) in [7, 11) is 0. The van der Waals surface area contributed by atoms with E-state index in [1.807, 2.05) is 0 Å². The lowest BCUT2D eigenvalue weighted by Crippen LogP contribution is -2.45. The number of thioether (sulfide) groups is 1. The third-order valence-electron chi connectivity index (χ3n) is 1.60. The molecule has 64 valence electrons. The summed E-state index contributed by atoms with van der Waals surface area (Å²) in [5.74, 6) is 1.07. The molecule has 1 N–H and O–H groups in total. The second-order valence-corrected chi connectivity index (χ2v) is 4.36. The van der Waals surface area contributed by atoms with Crippen LogP contribution in [-0.2, 0) is 0 Å². The van der Waals surface area contributed by atoms with Gasteiger partial charge in [0, 0.05) is 13.1 Å². The van der Waals surface area contributed by atoms with E-state index < -0.39 is 0 Å². The molecule has 0 saturated carbocycles. The molecule has 1 fully saturated rings. The van der Waals surface area contributed by atoms with Gasteiger partial charge in [0.2, 0.25) is 0 Å². The van der Waals surface area contributed by atoms with Crippen molar-refractivity contribution in [1.82, 2.24) is 10.4 Å². The molecule has 0 aromatic rings. The number of nitrogens with one attached hydrogen (secondary N) is 1. The predicted octanol–water partition coefficient (Wildman–Crippen LogP) is 1.62. The molecule has 0 amide bonds. The minimum Gasteiger partial charge on any atom is -0.293 e. The zero-order chi connectivity index (χ0) is 8.10. The second kappa shape index (κ2) is 4.95. The van der Waals surface area contributed by atoms with Gasteiger partial charge in [-0.25, -0.2) is 5.43 Å². The van der Waals surface area contributed by atoms with Gasteiger partial charge in [-0.3, -0.25) is 5.01 Å². The van der Waals surface area contributed by atoms with Crippen molar-refractivity contribution in [2.24, 2.45) is 0 Å². The number of nitrogens with zero attached hydrogens (tertiary/aromatic N) is 1. The van der Waals surface area contributed by atoms with Crippen LogP contribution >= 0.6 is 24.0 Å². The van der Waals surface area contributed by atoms with E-state index in [0.717, 1.165) is 23.2 Å². The molecular formula is C7H14N2S2. The van der Waals surface area contributed by atoms with Crippen LogP contribution in [-0.4, -0.2) is 28.2 Å². The maximum atomic E-state index is 5.20. The topological polar surface area (TPSA) is 15.3 Å². The molecule has 1 heterocycles. The number of hydrazine groups is 1. The van der Waals surface area contributed by atoms with Crippen molar-refractivity contribution in [2.75, 3.05) is 18.8 Å². The zero-order valence-electron chi connectivity index (χ0n) is 6.80. The maximum absolute atomic E-state index is 5.20. The Morgan fingerprint density at radius 3 is 3.00 bits per heavy atom. The Kier molecular flexibility index (Phi) is 4.18. The predicted molar refractivity (Wildman–Crippen MR) is 54.7 cm³/mol. The van der Waals surface area contributed by atoms with Crippen LogP contribution in [0, 0.1) is 0 Å². The monoisotopic (exact) mass is 190 g/mol. The molecule has 0 unspecified atom stereocenters. The summed E-state index contributed by atoms with van der Waals surface area (Å²) in [6.07, 6.45) is 2.54. The lowest BCUT2D eigenvalue weighted by molar-refractivity contribution is 0.266. The van der Waals surface area contributed by atoms with E-state index in [0.29, 0.717) is 0 Å². The molecule has 0 spiro atoms. The fourth-order valence-corrected chi connectivity index (χ4v) is 2.11. The van der Waals surface area contributed by atoms with Gasteiger partial charge in [-0.2, -0.15) is 0 Å². The fraction of sp³-hybridized carbons (Fsp3) is 0.857. The number of hydrogen-bond acceptors (Lipinski definition) is 3. The van der Waals surface area contributed by atoms with Crippen molar-refractivity contribution in [3.05, 3.63) is 0 Å². The van der Waals surface area contributed by atoms with Gasteiger partial charge in [-0.05, 0) is 18.6 Å². The van der Waals surface area contributed by atoms with Gasteiger partial charge < -0.3 is 0 Å². The van der Waals surface area contributed by atoms with Gasteiger partial charge in [0.1, 0.15) is 0 Å². The lowest BCUT2D eigenvalue weighted by atomic mass is 10.3. The zero-order valence-corrected chi connectivity index (χ0v) is 8.43. The second-order valence-electron chi connectivity index (χ2n) is 2.47. The molecule has 0 aromatic heterocycles. The van der Waals surface area contributed by atoms with Crippen molar-refractivity contribution in [1.29, 1.82) is 0 Å². The van der Waals surface area contributed by atoms with Crippen molar-refractivity contribution in [3.63, 3.8) is 0 Å². The number of hydrogen-bond donors (Lipinski definition) is 1. The summed E-state index contributed by atoms with van der Waals surface area (Å²) >= 11 is 6.93. The normalized spacial score (nSPS) is 18.5. The summed E-state index contributed by atoms with van der Waals surface area (Å²) < 4.78 is 0.993. The van der Waals surface area contributed by atoms with Crippen molar-refractivity contribution in [2.45, 2.75) is 19.8 Å². The molecule has 0 atom stereocenters. The average molecular weight is 190 g/mol. The average Bonchev–Trinajstić information content (AvgIpc) is 2.07. The van der Waals surface area contributed by atoms with E-state index >= 15 is 0 Å².